The summed E-state index contributed by atoms with van der Waals surface area (Å²) in [6.07, 6.45) is 0. The molecule has 1 rings (SSSR count). The molecule has 11 heavy (non-hydrogen) atoms. The van der Waals surface area contributed by atoms with Crippen LogP contribution in [0.15, 0.2) is 23.1 Å². The molecule has 1 N–H and O–H groups in total. The summed E-state index contributed by atoms with van der Waals surface area (Å²) < 4.78 is 29.5. The Kier molecular flexibility index (Phi) is 1.97. The maximum Gasteiger partial charge on any atom is 0.295 e. The van der Waals surface area contributed by atoms with E-state index in [1.165, 1.54) is 12.1 Å². The van der Waals surface area contributed by atoms with Gasteiger partial charge in [0.05, 0.1) is 0 Å². The molecule has 4 heteroatoms. The lowest BCUT2D eigenvalue weighted by molar-refractivity contribution is 0.483. The summed E-state index contributed by atoms with van der Waals surface area (Å²) in [6, 6.07) is 6.85. The summed E-state index contributed by atoms with van der Waals surface area (Å²) in [7, 11) is -4.08. The Hall–Kier alpha value is -0.870. The highest BCUT2D eigenvalue weighted by Gasteiger charge is 2.07. The van der Waals surface area contributed by atoms with E-state index in [-0.39, 0.29) is 4.90 Å². The fraction of sp³-hybridized carbons (Fsp3) is 0.143. The molecule has 0 aromatic heterocycles. The van der Waals surface area contributed by atoms with Crippen LogP contribution in [-0.4, -0.2) is 13.0 Å². The van der Waals surface area contributed by atoms with Crippen molar-refractivity contribution in [2.45, 2.75) is 11.8 Å². The van der Waals surface area contributed by atoms with Gasteiger partial charge in [-0.2, -0.15) is 8.42 Å². The third-order valence-corrected chi connectivity index (χ3v) is 2.03. The van der Waals surface area contributed by atoms with Gasteiger partial charge in [-0.25, -0.2) is 0 Å². The van der Waals surface area contributed by atoms with Crippen LogP contribution in [0.25, 0.3) is 0 Å². The van der Waals surface area contributed by atoms with Crippen molar-refractivity contribution in [2.75, 3.05) is 0 Å². The first kappa shape index (κ1) is 8.23. The Labute approximate surface area is 65.4 Å². The monoisotopic (exact) mass is 171 g/mol. The Balaban J connectivity index is 3.20. The second-order valence-corrected chi connectivity index (χ2v) is 3.60. The first-order valence-electron chi connectivity index (χ1n) is 2.96. The number of hydrogen-bond donors (Lipinski definition) is 1. The second kappa shape index (κ2) is 2.64. The quantitative estimate of drug-likeness (QED) is 0.642. The molecular formula is C7H7O3S. The van der Waals surface area contributed by atoms with Crippen LogP contribution in [0.3, 0.4) is 0 Å². The molecule has 0 bridgehead atoms. The number of rotatable bonds is 1. The van der Waals surface area contributed by atoms with Gasteiger partial charge in [-0.1, -0.05) is 11.6 Å². The van der Waals surface area contributed by atoms with E-state index in [2.05, 4.69) is 6.07 Å². The average Bonchev–Trinajstić information content (AvgIpc) is 1.86. The van der Waals surface area contributed by atoms with Crippen LogP contribution in [0, 0.1) is 13.0 Å². The Bertz CT molecular complexity index is 336. The molecule has 0 aliphatic carbocycles. The van der Waals surface area contributed by atoms with E-state index in [1.54, 1.807) is 6.07 Å². The molecule has 1 radical (unpaired) electrons. The van der Waals surface area contributed by atoms with Crippen molar-refractivity contribution in [1.29, 1.82) is 0 Å². The minimum Gasteiger partial charge on any atom is -0.282 e. The first-order chi connectivity index (χ1) is 5.00. The van der Waals surface area contributed by atoms with E-state index in [4.69, 9.17) is 4.55 Å². The highest BCUT2D eigenvalue weighted by molar-refractivity contribution is 7.85. The number of aryl methyl sites for hydroxylation is 1. The molecule has 0 amide bonds. The van der Waals surface area contributed by atoms with Crippen molar-refractivity contribution < 1.29 is 13.0 Å². The fourth-order valence-corrected chi connectivity index (χ4v) is 1.10. The summed E-state index contributed by atoms with van der Waals surface area (Å²) >= 11 is 0. The van der Waals surface area contributed by atoms with Gasteiger partial charge < -0.3 is 0 Å². The van der Waals surface area contributed by atoms with E-state index in [9.17, 15) is 8.42 Å². The maximum atomic E-state index is 10.5. The minimum atomic E-state index is -4.08. The van der Waals surface area contributed by atoms with E-state index < -0.39 is 10.1 Å². The predicted molar refractivity (Wildman–Crippen MR) is 39.8 cm³/mol. The summed E-state index contributed by atoms with van der Waals surface area (Å²) in [4.78, 5) is -0.192. The zero-order valence-corrected chi connectivity index (χ0v) is 6.72. The van der Waals surface area contributed by atoms with Crippen molar-refractivity contribution in [3.05, 3.63) is 29.8 Å². The smallest absolute Gasteiger partial charge is 0.282 e. The Morgan fingerprint density at radius 2 is 2.09 bits per heavy atom. The van der Waals surface area contributed by atoms with Crippen LogP contribution in [0.2, 0.25) is 0 Å². The lowest BCUT2D eigenvalue weighted by Gasteiger charge is -1.94. The van der Waals surface area contributed by atoms with Gasteiger partial charge in [0.1, 0.15) is 4.90 Å². The molecule has 0 heterocycles. The van der Waals surface area contributed by atoms with Crippen molar-refractivity contribution >= 4 is 10.1 Å². The van der Waals surface area contributed by atoms with E-state index in [0.29, 0.717) is 0 Å². The van der Waals surface area contributed by atoms with Crippen molar-refractivity contribution in [3.8, 4) is 0 Å². The van der Waals surface area contributed by atoms with Crippen molar-refractivity contribution in [1.82, 2.24) is 0 Å². The molecule has 0 aliphatic heterocycles. The van der Waals surface area contributed by atoms with Crippen LogP contribution in [0.4, 0.5) is 0 Å². The van der Waals surface area contributed by atoms with Crippen molar-refractivity contribution in [3.63, 3.8) is 0 Å². The van der Waals surface area contributed by atoms with E-state index in [0.717, 1.165) is 5.56 Å². The molecule has 0 unspecified atom stereocenters. The van der Waals surface area contributed by atoms with Crippen LogP contribution >= 0.6 is 0 Å². The van der Waals surface area contributed by atoms with Gasteiger partial charge >= 0.3 is 0 Å². The van der Waals surface area contributed by atoms with E-state index in [1.807, 2.05) is 6.92 Å². The molecular weight excluding hydrogens is 164 g/mol. The zero-order chi connectivity index (χ0) is 8.48. The molecule has 0 spiro atoms. The first-order valence-corrected chi connectivity index (χ1v) is 4.40. The second-order valence-electron chi connectivity index (χ2n) is 2.21. The third kappa shape index (κ3) is 2.03. The topological polar surface area (TPSA) is 54.4 Å². The SMILES string of the molecule is Cc1c[c]c(S(=O)(=O)O)cc1. The standard InChI is InChI=1S/C7H7O3S/c1-6-2-4-7(5-3-6)11(8,9)10/h2-4H,1H3,(H,8,9,10). The summed E-state index contributed by atoms with van der Waals surface area (Å²) in [5.74, 6) is 0. The lowest BCUT2D eigenvalue weighted by atomic mass is 10.2. The average molecular weight is 171 g/mol. The van der Waals surface area contributed by atoms with Crippen LogP contribution in [-0.2, 0) is 10.1 Å². The maximum absolute atomic E-state index is 10.5. The summed E-state index contributed by atoms with van der Waals surface area (Å²) in [5.41, 5.74) is 0.900. The van der Waals surface area contributed by atoms with Gasteiger partial charge in [0.25, 0.3) is 10.1 Å². The normalized spacial score (nSPS) is 11.5. The Morgan fingerprint density at radius 3 is 2.45 bits per heavy atom. The molecule has 1 aromatic rings. The van der Waals surface area contributed by atoms with Gasteiger partial charge in [0, 0.05) is 6.07 Å². The minimum absolute atomic E-state index is 0.192. The lowest BCUT2D eigenvalue weighted by Crippen LogP contribution is -1.97. The van der Waals surface area contributed by atoms with Crippen LogP contribution < -0.4 is 0 Å². The molecule has 59 valence electrons. The van der Waals surface area contributed by atoms with Gasteiger partial charge in [0.2, 0.25) is 0 Å². The number of hydrogen-bond acceptors (Lipinski definition) is 2. The molecule has 0 fully saturated rings. The van der Waals surface area contributed by atoms with Gasteiger partial charge in [-0.3, -0.25) is 4.55 Å². The molecule has 3 nitrogen and oxygen atoms in total. The van der Waals surface area contributed by atoms with Crippen LogP contribution in [0.1, 0.15) is 5.56 Å². The molecule has 0 atom stereocenters. The van der Waals surface area contributed by atoms with Crippen molar-refractivity contribution in [2.24, 2.45) is 0 Å². The molecule has 1 aromatic carbocycles. The molecule has 0 saturated carbocycles. The summed E-state index contributed by atoms with van der Waals surface area (Å²) in [6.45, 7) is 1.81. The molecule has 0 aliphatic rings. The van der Waals surface area contributed by atoms with E-state index >= 15 is 0 Å². The number of benzene rings is 1. The van der Waals surface area contributed by atoms with Gasteiger partial charge in [-0.15, -0.1) is 0 Å². The van der Waals surface area contributed by atoms with Gasteiger partial charge in [-0.05, 0) is 19.1 Å². The van der Waals surface area contributed by atoms with Gasteiger partial charge in [0.15, 0.2) is 0 Å². The highest BCUT2D eigenvalue weighted by Crippen LogP contribution is 2.07. The molecule has 0 saturated heterocycles. The summed E-state index contributed by atoms with van der Waals surface area (Å²) in [5, 5.41) is 0. The van der Waals surface area contributed by atoms with Crippen LogP contribution in [0.5, 0.6) is 0 Å². The highest BCUT2D eigenvalue weighted by atomic mass is 32.2. The third-order valence-electron chi connectivity index (χ3n) is 1.22. The fourth-order valence-electron chi connectivity index (χ4n) is 0.649. The predicted octanol–water partition coefficient (Wildman–Crippen LogP) is 1.04. The Morgan fingerprint density at radius 1 is 1.45 bits per heavy atom. The zero-order valence-electron chi connectivity index (χ0n) is 5.90. The largest absolute Gasteiger partial charge is 0.295 e.